The first kappa shape index (κ1) is 17.5. The van der Waals surface area contributed by atoms with Gasteiger partial charge < -0.3 is 19.9 Å². The second-order valence-electron chi connectivity index (χ2n) is 7.35. The molecule has 4 heterocycles. The first-order valence-corrected chi connectivity index (χ1v) is 9.74. The quantitative estimate of drug-likeness (QED) is 0.721. The van der Waals surface area contributed by atoms with Crippen LogP contribution in [-0.2, 0) is 0 Å². The lowest BCUT2D eigenvalue weighted by atomic mass is 10.1. The van der Waals surface area contributed by atoms with Crippen LogP contribution in [0.5, 0.6) is 5.88 Å². The van der Waals surface area contributed by atoms with E-state index in [1.807, 2.05) is 19.1 Å². The molecular formula is C22H22N6O. The highest BCUT2D eigenvalue weighted by Crippen LogP contribution is 2.33. The first-order chi connectivity index (χ1) is 14.2. The molecule has 2 aliphatic rings. The van der Waals surface area contributed by atoms with Gasteiger partial charge in [-0.2, -0.15) is 4.98 Å². The van der Waals surface area contributed by atoms with E-state index in [4.69, 9.17) is 0 Å². The SMILES string of the molecule is Cc1cnc2c(c1)C(=Cc1[nH]c(N3CCN(c4ccccc4)CC3)nc1O)C=N2. The van der Waals surface area contributed by atoms with Crippen molar-refractivity contribution in [1.82, 2.24) is 15.0 Å². The third kappa shape index (κ3) is 3.35. The maximum atomic E-state index is 10.4. The zero-order chi connectivity index (χ0) is 19.8. The standard InChI is InChI=1S/C22H22N6O/c1-15-11-18-16(14-24-20(18)23-13-15)12-19-21(29)26-22(25-19)28-9-7-27(8-10-28)17-5-3-2-4-6-17/h2-6,11-14,29H,7-10H2,1H3,(H,25,26). The van der Waals surface area contributed by atoms with Crippen LogP contribution in [0, 0.1) is 6.92 Å². The van der Waals surface area contributed by atoms with Crippen LogP contribution in [-0.4, -0.2) is 52.5 Å². The number of allylic oxidation sites excluding steroid dienone is 1. The van der Waals surface area contributed by atoms with E-state index >= 15 is 0 Å². The van der Waals surface area contributed by atoms with Gasteiger partial charge in [0.2, 0.25) is 11.8 Å². The molecule has 1 fully saturated rings. The van der Waals surface area contributed by atoms with Crippen LogP contribution >= 0.6 is 0 Å². The minimum atomic E-state index is 0.000418. The predicted octanol–water partition coefficient (Wildman–Crippen LogP) is 3.40. The van der Waals surface area contributed by atoms with E-state index in [1.54, 1.807) is 12.4 Å². The van der Waals surface area contributed by atoms with Gasteiger partial charge in [-0.15, -0.1) is 0 Å². The third-order valence-electron chi connectivity index (χ3n) is 5.34. The summed E-state index contributed by atoms with van der Waals surface area (Å²) in [4.78, 5) is 20.8. The van der Waals surface area contributed by atoms with Crippen molar-refractivity contribution in [2.45, 2.75) is 6.92 Å². The molecule has 5 rings (SSSR count). The second kappa shape index (κ2) is 7.09. The molecule has 29 heavy (non-hydrogen) atoms. The number of piperazine rings is 1. The van der Waals surface area contributed by atoms with E-state index in [1.165, 1.54) is 5.69 Å². The van der Waals surface area contributed by atoms with Gasteiger partial charge in [-0.05, 0) is 36.8 Å². The Labute approximate surface area is 169 Å². The number of H-pyrrole nitrogens is 1. The Bertz CT molecular complexity index is 1090. The summed E-state index contributed by atoms with van der Waals surface area (Å²) in [5.41, 5.74) is 4.78. The molecule has 1 aromatic carbocycles. The molecule has 0 saturated carbocycles. The smallest absolute Gasteiger partial charge is 0.238 e. The van der Waals surface area contributed by atoms with E-state index in [2.05, 4.69) is 60.1 Å². The van der Waals surface area contributed by atoms with E-state index in [-0.39, 0.29) is 5.88 Å². The number of benzene rings is 1. The number of hydrogen-bond donors (Lipinski definition) is 2. The average molecular weight is 386 g/mol. The lowest BCUT2D eigenvalue weighted by Gasteiger charge is -2.35. The fourth-order valence-electron chi connectivity index (χ4n) is 3.78. The summed E-state index contributed by atoms with van der Waals surface area (Å²) in [5.74, 6) is 1.40. The Morgan fingerprint density at radius 3 is 2.62 bits per heavy atom. The minimum Gasteiger partial charge on any atom is -0.492 e. The number of fused-ring (bicyclic) bond motifs is 1. The second-order valence-corrected chi connectivity index (χ2v) is 7.35. The van der Waals surface area contributed by atoms with Crippen molar-refractivity contribution in [3.05, 3.63) is 59.4 Å². The van der Waals surface area contributed by atoms with Gasteiger partial charge in [-0.3, -0.25) is 0 Å². The number of aromatic hydroxyl groups is 1. The highest BCUT2D eigenvalue weighted by atomic mass is 16.3. The van der Waals surface area contributed by atoms with Gasteiger partial charge in [0.15, 0.2) is 5.82 Å². The van der Waals surface area contributed by atoms with Crippen LogP contribution in [0.1, 0.15) is 16.8 Å². The van der Waals surface area contributed by atoms with Gasteiger partial charge in [0.1, 0.15) is 5.69 Å². The molecule has 1 saturated heterocycles. The Kier molecular flexibility index (Phi) is 4.27. The summed E-state index contributed by atoms with van der Waals surface area (Å²) in [6.45, 7) is 5.50. The number of hydrogen-bond acceptors (Lipinski definition) is 6. The zero-order valence-electron chi connectivity index (χ0n) is 16.2. The number of pyridine rings is 1. The molecule has 2 N–H and O–H groups in total. The number of rotatable bonds is 3. The number of nitrogens with zero attached hydrogens (tertiary/aromatic N) is 5. The summed E-state index contributed by atoms with van der Waals surface area (Å²) < 4.78 is 0. The Morgan fingerprint density at radius 2 is 1.83 bits per heavy atom. The fraction of sp³-hybridized carbons (Fsp3) is 0.227. The van der Waals surface area contributed by atoms with Crippen molar-refractivity contribution < 1.29 is 5.11 Å². The predicted molar refractivity (Wildman–Crippen MR) is 116 cm³/mol. The van der Waals surface area contributed by atoms with Crippen molar-refractivity contribution in [2.75, 3.05) is 36.0 Å². The van der Waals surface area contributed by atoms with Crippen molar-refractivity contribution in [3.8, 4) is 5.88 Å². The van der Waals surface area contributed by atoms with Crippen LogP contribution in [0.2, 0.25) is 0 Å². The highest BCUT2D eigenvalue weighted by Gasteiger charge is 2.21. The lowest BCUT2D eigenvalue weighted by Crippen LogP contribution is -2.46. The molecule has 7 nitrogen and oxygen atoms in total. The van der Waals surface area contributed by atoms with Crippen molar-refractivity contribution in [2.24, 2.45) is 4.99 Å². The number of para-hydroxylation sites is 1. The molecule has 0 radical (unpaired) electrons. The summed E-state index contributed by atoms with van der Waals surface area (Å²) in [7, 11) is 0. The Hall–Kier alpha value is -3.61. The molecule has 0 spiro atoms. The molecule has 0 unspecified atom stereocenters. The van der Waals surface area contributed by atoms with Crippen LogP contribution in [0.25, 0.3) is 11.6 Å². The van der Waals surface area contributed by atoms with Gasteiger partial charge in [0.05, 0.1) is 0 Å². The fourth-order valence-corrected chi connectivity index (χ4v) is 3.78. The number of aryl methyl sites for hydroxylation is 1. The number of anilines is 2. The highest BCUT2D eigenvalue weighted by molar-refractivity contribution is 6.21. The first-order valence-electron chi connectivity index (χ1n) is 9.74. The number of aliphatic imine (C=N–C) groups is 1. The molecule has 2 aliphatic heterocycles. The molecular weight excluding hydrogens is 364 g/mol. The molecule has 0 amide bonds. The molecule has 146 valence electrons. The molecule has 0 aliphatic carbocycles. The summed E-state index contributed by atoms with van der Waals surface area (Å²) in [6.07, 6.45) is 5.46. The zero-order valence-corrected chi connectivity index (χ0v) is 16.2. The van der Waals surface area contributed by atoms with Gasteiger partial charge in [0.25, 0.3) is 0 Å². The largest absolute Gasteiger partial charge is 0.492 e. The molecule has 0 bridgehead atoms. The monoisotopic (exact) mass is 386 g/mol. The van der Waals surface area contributed by atoms with Crippen molar-refractivity contribution in [3.63, 3.8) is 0 Å². The topological polar surface area (TPSA) is 80.6 Å². The maximum absolute atomic E-state index is 10.4. The molecule has 3 aromatic rings. The van der Waals surface area contributed by atoms with E-state index in [0.717, 1.165) is 42.9 Å². The maximum Gasteiger partial charge on any atom is 0.238 e. The van der Waals surface area contributed by atoms with Gasteiger partial charge >= 0.3 is 0 Å². The van der Waals surface area contributed by atoms with E-state index < -0.39 is 0 Å². The number of aromatic nitrogens is 3. The van der Waals surface area contributed by atoms with Crippen molar-refractivity contribution >= 4 is 35.3 Å². The van der Waals surface area contributed by atoms with Gasteiger partial charge in [-0.25, -0.2) is 9.98 Å². The Balaban J connectivity index is 1.33. The number of nitrogens with one attached hydrogen (secondary N) is 1. The van der Waals surface area contributed by atoms with Crippen molar-refractivity contribution in [1.29, 1.82) is 0 Å². The average Bonchev–Trinajstić information content (AvgIpc) is 3.32. The molecule has 0 atom stereocenters. The summed E-state index contributed by atoms with van der Waals surface area (Å²) >= 11 is 0. The van der Waals surface area contributed by atoms with Crippen LogP contribution in [0.4, 0.5) is 17.5 Å². The Morgan fingerprint density at radius 1 is 1.07 bits per heavy atom. The van der Waals surface area contributed by atoms with E-state index in [9.17, 15) is 5.11 Å². The normalized spacial score (nSPS) is 17.2. The number of aromatic amines is 1. The van der Waals surface area contributed by atoms with E-state index in [0.29, 0.717) is 17.5 Å². The van der Waals surface area contributed by atoms with Gasteiger partial charge in [0, 0.05) is 55.4 Å². The molecule has 2 aromatic heterocycles. The minimum absolute atomic E-state index is 0.000418. The van der Waals surface area contributed by atoms with Crippen LogP contribution < -0.4 is 9.80 Å². The van der Waals surface area contributed by atoms with Gasteiger partial charge in [-0.1, -0.05) is 18.2 Å². The lowest BCUT2D eigenvalue weighted by molar-refractivity contribution is 0.455. The summed E-state index contributed by atoms with van der Waals surface area (Å²) in [5, 5.41) is 10.4. The summed E-state index contributed by atoms with van der Waals surface area (Å²) in [6, 6.07) is 12.5. The molecule has 7 heteroatoms. The third-order valence-corrected chi connectivity index (χ3v) is 5.34. The van der Waals surface area contributed by atoms with Crippen LogP contribution in [0.15, 0.2) is 47.6 Å². The van der Waals surface area contributed by atoms with Crippen LogP contribution in [0.3, 0.4) is 0 Å². The number of imidazole rings is 1.